The summed E-state index contributed by atoms with van der Waals surface area (Å²) < 4.78 is 0. The molecule has 0 saturated carbocycles. The van der Waals surface area contributed by atoms with Gasteiger partial charge >= 0.3 is 0 Å². The Morgan fingerprint density at radius 3 is 2.28 bits per heavy atom. The smallest absolute Gasteiger partial charge is 0.224 e. The van der Waals surface area contributed by atoms with E-state index < -0.39 is 6.10 Å². The van der Waals surface area contributed by atoms with Gasteiger partial charge in [0.25, 0.3) is 0 Å². The molecule has 0 fully saturated rings. The first-order valence-corrected chi connectivity index (χ1v) is 6.37. The Morgan fingerprint density at radius 2 is 1.83 bits per heavy atom. The average molecular weight is 249 g/mol. The fourth-order valence-corrected chi connectivity index (χ4v) is 1.62. The van der Waals surface area contributed by atoms with Crippen LogP contribution in [-0.2, 0) is 10.2 Å². The maximum Gasteiger partial charge on any atom is 0.224 e. The van der Waals surface area contributed by atoms with Crippen molar-refractivity contribution >= 4 is 11.6 Å². The molecule has 1 amide bonds. The van der Waals surface area contributed by atoms with Gasteiger partial charge in [-0.05, 0) is 36.5 Å². The second-order valence-corrected chi connectivity index (χ2v) is 5.76. The average Bonchev–Trinajstić information content (AvgIpc) is 2.26. The van der Waals surface area contributed by atoms with Crippen molar-refractivity contribution in [3.05, 3.63) is 29.8 Å². The minimum absolute atomic E-state index is 0.0561. The van der Waals surface area contributed by atoms with Crippen LogP contribution < -0.4 is 5.32 Å². The van der Waals surface area contributed by atoms with Gasteiger partial charge in [0.15, 0.2) is 0 Å². The quantitative estimate of drug-likeness (QED) is 0.861. The lowest BCUT2D eigenvalue weighted by Gasteiger charge is -2.19. The molecule has 1 aromatic carbocycles. The Morgan fingerprint density at radius 1 is 1.28 bits per heavy atom. The van der Waals surface area contributed by atoms with Crippen molar-refractivity contribution < 1.29 is 9.90 Å². The Kier molecular flexibility index (Phi) is 4.91. The number of aliphatic hydroxyl groups excluding tert-OH is 1. The van der Waals surface area contributed by atoms with Gasteiger partial charge in [-0.15, -0.1) is 0 Å². The first-order chi connectivity index (χ1) is 8.29. The van der Waals surface area contributed by atoms with Crippen LogP contribution in [0.2, 0.25) is 0 Å². The number of carbonyl (C=O) groups is 1. The van der Waals surface area contributed by atoms with E-state index in [1.807, 2.05) is 24.3 Å². The first kappa shape index (κ1) is 14.7. The predicted molar refractivity (Wildman–Crippen MR) is 74.7 cm³/mol. The molecule has 3 heteroatoms. The van der Waals surface area contributed by atoms with Gasteiger partial charge in [0.05, 0.1) is 6.10 Å². The third-order valence-corrected chi connectivity index (χ3v) is 2.82. The fraction of sp³-hybridized carbons (Fsp3) is 0.533. The molecule has 18 heavy (non-hydrogen) atoms. The Labute approximate surface area is 109 Å². The minimum Gasteiger partial charge on any atom is -0.393 e. The van der Waals surface area contributed by atoms with Crippen LogP contribution in [0.3, 0.4) is 0 Å². The highest BCUT2D eigenvalue weighted by Crippen LogP contribution is 2.23. The Bertz CT molecular complexity index is 388. The van der Waals surface area contributed by atoms with Crippen molar-refractivity contribution in [2.45, 2.75) is 52.1 Å². The summed E-state index contributed by atoms with van der Waals surface area (Å²) in [6.07, 6.45) is 0.406. The second kappa shape index (κ2) is 6.01. The van der Waals surface area contributed by atoms with E-state index >= 15 is 0 Å². The molecule has 1 aromatic rings. The largest absolute Gasteiger partial charge is 0.393 e. The highest BCUT2D eigenvalue weighted by atomic mass is 16.3. The first-order valence-electron chi connectivity index (χ1n) is 6.37. The number of benzene rings is 1. The van der Waals surface area contributed by atoms with Crippen molar-refractivity contribution in [1.82, 2.24) is 0 Å². The number of rotatable bonds is 4. The summed E-state index contributed by atoms with van der Waals surface area (Å²) >= 11 is 0. The SMILES string of the molecule is CC(O)CCC(=O)Nc1ccc(C(C)(C)C)cc1. The molecule has 3 nitrogen and oxygen atoms in total. The summed E-state index contributed by atoms with van der Waals surface area (Å²) in [5.41, 5.74) is 2.16. The maximum atomic E-state index is 11.6. The van der Waals surface area contributed by atoms with Gasteiger partial charge in [-0.25, -0.2) is 0 Å². The van der Waals surface area contributed by atoms with E-state index in [-0.39, 0.29) is 11.3 Å². The molecule has 0 saturated heterocycles. The van der Waals surface area contributed by atoms with Crippen LogP contribution in [-0.4, -0.2) is 17.1 Å². The summed E-state index contributed by atoms with van der Waals surface area (Å²) in [5, 5.41) is 11.9. The molecule has 1 rings (SSSR count). The highest BCUT2D eigenvalue weighted by Gasteiger charge is 2.13. The highest BCUT2D eigenvalue weighted by molar-refractivity contribution is 5.90. The number of amides is 1. The lowest BCUT2D eigenvalue weighted by Crippen LogP contribution is -2.15. The van der Waals surface area contributed by atoms with E-state index in [1.165, 1.54) is 5.56 Å². The van der Waals surface area contributed by atoms with E-state index in [1.54, 1.807) is 6.92 Å². The molecule has 1 unspecified atom stereocenters. The normalized spacial score (nSPS) is 13.2. The van der Waals surface area contributed by atoms with Crippen molar-refractivity contribution in [1.29, 1.82) is 0 Å². The third-order valence-electron chi connectivity index (χ3n) is 2.82. The molecule has 0 aliphatic heterocycles. The zero-order valence-corrected chi connectivity index (χ0v) is 11.7. The van der Waals surface area contributed by atoms with Crippen LogP contribution in [0.15, 0.2) is 24.3 Å². The molecule has 1 atom stereocenters. The zero-order valence-electron chi connectivity index (χ0n) is 11.7. The van der Waals surface area contributed by atoms with Crippen LogP contribution in [0, 0.1) is 0 Å². The number of hydrogen-bond acceptors (Lipinski definition) is 2. The van der Waals surface area contributed by atoms with Crippen molar-refractivity contribution in [3.63, 3.8) is 0 Å². The van der Waals surface area contributed by atoms with E-state index in [9.17, 15) is 4.79 Å². The van der Waals surface area contributed by atoms with E-state index in [2.05, 4.69) is 26.1 Å². The second-order valence-electron chi connectivity index (χ2n) is 5.76. The van der Waals surface area contributed by atoms with E-state index in [4.69, 9.17) is 5.11 Å². The minimum atomic E-state index is -0.431. The zero-order chi connectivity index (χ0) is 13.8. The van der Waals surface area contributed by atoms with Crippen LogP contribution in [0.4, 0.5) is 5.69 Å². The molecule has 0 bridgehead atoms. The third kappa shape index (κ3) is 4.88. The number of aliphatic hydroxyl groups is 1. The van der Waals surface area contributed by atoms with Gasteiger partial charge in [-0.2, -0.15) is 0 Å². The molecular weight excluding hydrogens is 226 g/mol. The number of nitrogens with one attached hydrogen (secondary N) is 1. The number of hydrogen-bond donors (Lipinski definition) is 2. The molecule has 100 valence electrons. The van der Waals surface area contributed by atoms with Gasteiger partial charge in [0.1, 0.15) is 0 Å². The van der Waals surface area contributed by atoms with Crippen molar-refractivity contribution in [3.8, 4) is 0 Å². The van der Waals surface area contributed by atoms with Gasteiger partial charge < -0.3 is 10.4 Å². The van der Waals surface area contributed by atoms with Gasteiger partial charge in [0.2, 0.25) is 5.91 Å². The summed E-state index contributed by atoms with van der Waals surface area (Å²) in [4.78, 5) is 11.6. The Balaban J connectivity index is 2.56. The van der Waals surface area contributed by atoms with Gasteiger partial charge in [-0.3, -0.25) is 4.79 Å². The number of anilines is 1. The van der Waals surface area contributed by atoms with Crippen LogP contribution in [0.25, 0.3) is 0 Å². The van der Waals surface area contributed by atoms with Gasteiger partial charge in [0, 0.05) is 12.1 Å². The summed E-state index contributed by atoms with van der Waals surface area (Å²) in [6.45, 7) is 8.15. The molecular formula is C15H23NO2. The molecule has 0 radical (unpaired) electrons. The monoisotopic (exact) mass is 249 g/mol. The molecule has 0 aliphatic rings. The molecule has 0 aliphatic carbocycles. The van der Waals surface area contributed by atoms with E-state index in [0.717, 1.165) is 5.69 Å². The van der Waals surface area contributed by atoms with Gasteiger partial charge in [-0.1, -0.05) is 32.9 Å². The van der Waals surface area contributed by atoms with Crippen molar-refractivity contribution in [2.24, 2.45) is 0 Å². The predicted octanol–water partition coefficient (Wildman–Crippen LogP) is 3.08. The lowest BCUT2D eigenvalue weighted by molar-refractivity contribution is -0.116. The van der Waals surface area contributed by atoms with E-state index in [0.29, 0.717) is 12.8 Å². The topological polar surface area (TPSA) is 49.3 Å². The van der Waals surface area contributed by atoms with Crippen LogP contribution in [0.1, 0.15) is 46.1 Å². The summed E-state index contributed by atoms with van der Waals surface area (Å²) in [5.74, 6) is -0.0561. The lowest BCUT2D eigenvalue weighted by atomic mass is 9.87. The Hall–Kier alpha value is -1.35. The molecule has 0 spiro atoms. The standard InChI is InChI=1S/C15H23NO2/c1-11(17)5-10-14(18)16-13-8-6-12(7-9-13)15(2,3)4/h6-9,11,17H,5,10H2,1-4H3,(H,16,18). The fourth-order valence-electron chi connectivity index (χ4n) is 1.62. The summed E-state index contributed by atoms with van der Waals surface area (Å²) in [6, 6.07) is 7.90. The molecule has 0 aromatic heterocycles. The molecule has 0 heterocycles. The molecule has 2 N–H and O–H groups in total. The van der Waals surface area contributed by atoms with Crippen LogP contribution >= 0.6 is 0 Å². The van der Waals surface area contributed by atoms with Crippen LogP contribution in [0.5, 0.6) is 0 Å². The number of carbonyl (C=O) groups excluding carboxylic acids is 1. The van der Waals surface area contributed by atoms with Crippen molar-refractivity contribution in [2.75, 3.05) is 5.32 Å². The maximum absolute atomic E-state index is 11.6. The summed E-state index contributed by atoms with van der Waals surface area (Å²) in [7, 11) is 0.